The number of carbonyl (C=O) groups is 1. The second-order valence-corrected chi connectivity index (χ2v) is 7.14. The van der Waals surface area contributed by atoms with Crippen LogP contribution in [0.1, 0.15) is 26.8 Å². The second kappa shape index (κ2) is 6.68. The van der Waals surface area contributed by atoms with E-state index in [0.29, 0.717) is 17.9 Å². The van der Waals surface area contributed by atoms with Crippen molar-refractivity contribution < 1.29 is 4.79 Å². The summed E-state index contributed by atoms with van der Waals surface area (Å²) in [7, 11) is 0. The third kappa shape index (κ3) is 3.09. The number of nitrogens with one attached hydrogen (secondary N) is 1. The van der Waals surface area contributed by atoms with E-state index in [0.717, 1.165) is 20.9 Å². The van der Waals surface area contributed by atoms with Crippen molar-refractivity contribution >= 4 is 27.5 Å². The van der Waals surface area contributed by atoms with Gasteiger partial charge in [-0.3, -0.25) is 4.79 Å². The number of benzene rings is 2. The summed E-state index contributed by atoms with van der Waals surface area (Å²) in [6.07, 6.45) is 0. The van der Waals surface area contributed by atoms with E-state index in [9.17, 15) is 4.79 Å². The van der Waals surface area contributed by atoms with Crippen molar-refractivity contribution in [1.82, 2.24) is 25.3 Å². The van der Waals surface area contributed by atoms with E-state index in [2.05, 4.69) is 20.6 Å². The molecule has 0 radical (unpaired) electrons. The highest BCUT2D eigenvalue weighted by molar-refractivity contribution is 7.18. The first-order valence-corrected chi connectivity index (χ1v) is 9.05. The standard InChI is InChI=1S/C19H17N5OS/c1-12-7-9-14(10-8-12)24-13(2)18(22-23-24)19(25)20-11-17-21-15-5-3-4-6-16(15)26-17/h3-10H,11H2,1-2H3,(H,20,25). The van der Waals surface area contributed by atoms with Crippen LogP contribution in [0.15, 0.2) is 48.5 Å². The molecule has 2 aromatic heterocycles. The van der Waals surface area contributed by atoms with E-state index in [1.807, 2.05) is 62.4 Å². The zero-order chi connectivity index (χ0) is 18.1. The zero-order valence-corrected chi connectivity index (χ0v) is 15.2. The number of rotatable bonds is 4. The smallest absolute Gasteiger partial charge is 0.274 e. The number of aromatic nitrogens is 4. The highest BCUT2D eigenvalue weighted by atomic mass is 32.1. The molecule has 0 aliphatic heterocycles. The molecule has 0 spiro atoms. The van der Waals surface area contributed by atoms with Gasteiger partial charge in [-0.2, -0.15) is 0 Å². The van der Waals surface area contributed by atoms with Gasteiger partial charge in [0, 0.05) is 0 Å². The third-order valence-electron chi connectivity index (χ3n) is 4.13. The minimum absolute atomic E-state index is 0.250. The molecule has 0 saturated carbocycles. The zero-order valence-electron chi connectivity index (χ0n) is 14.4. The molecule has 1 N–H and O–H groups in total. The van der Waals surface area contributed by atoms with Gasteiger partial charge >= 0.3 is 0 Å². The number of amides is 1. The van der Waals surface area contributed by atoms with Gasteiger partial charge < -0.3 is 5.32 Å². The second-order valence-electron chi connectivity index (χ2n) is 6.03. The summed E-state index contributed by atoms with van der Waals surface area (Å²) in [5, 5.41) is 11.9. The maximum atomic E-state index is 12.5. The van der Waals surface area contributed by atoms with Crippen LogP contribution in [0.3, 0.4) is 0 Å². The van der Waals surface area contributed by atoms with Crippen molar-refractivity contribution in [3.05, 3.63) is 70.5 Å². The number of aryl methyl sites for hydroxylation is 1. The van der Waals surface area contributed by atoms with Gasteiger partial charge in [0.2, 0.25) is 0 Å². The number of hydrogen-bond donors (Lipinski definition) is 1. The Balaban J connectivity index is 1.50. The van der Waals surface area contributed by atoms with Crippen LogP contribution in [-0.2, 0) is 6.54 Å². The molecule has 1 amide bonds. The van der Waals surface area contributed by atoms with Crippen LogP contribution in [0.4, 0.5) is 0 Å². The SMILES string of the molecule is Cc1ccc(-n2nnc(C(=O)NCc3nc4ccccc4s3)c2C)cc1. The van der Waals surface area contributed by atoms with Gasteiger partial charge in [0.25, 0.3) is 5.91 Å². The van der Waals surface area contributed by atoms with Crippen LogP contribution < -0.4 is 5.32 Å². The van der Waals surface area contributed by atoms with Gasteiger partial charge in [0.05, 0.1) is 28.1 Å². The highest BCUT2D eigenvalue weighted by Gasteiger charge is 2.17. The van der Waals surface area contributed by atoms with Gasteiger partial charge in [-0.15, -0.1) is 16.4 Å². The lowest BCUT2D eigenvalue weighted by atomic mass is 10.2. The maximum Gasteiger partial charge on any atom is 0.274 e. The normalized spacial score (nSPS) is 11.0. The predicted octanol–water partition coefficient (Wildman–Crippen LogP) is 3.42. The van der Waals surface area contributed by atoms with Crippen molar-refractivity contribution in [1.29, 1.82) is 0 Å². The Kier molecular flexibility index (Phi) is 4.22. The molecule has 0 bridgehead atoms. The Hall–Kier alpha value is -3.06. The largest absolute Gasteiger partial charge is 0.344 e. The van der Waals surface area contributed by atoms with E-state index in [4.69, 9.17) is 0 Å². The summed E-state index contributed by atoms with van der Waals surface area (Å²) in [4.78, 5) is 17.0. The molecule has 0 atom stereocenters. The number of para-hydroxylation sites is 1. The Morgan fingerprint density at radius 3 is 2.65 bits per heavy atom. The lowest BCUT2D eigenvalue weighted by Gasteiger charge is -2.04. The first-order chi connectivity index (χ1) is 12.6. The van der Waals surface area contributed by atoms with Crippen LogP contribution in [0, 0.1) is 13.8 Å². The first-order valence-electron chi connectivity index (χ1n) is 8.24. The summed E-state index contributed by atoms with van der Waals surface area (Å²) >= 11 is 1.57. The lowest BCUT2D eigenvalue weighted by Crippen LogP contribution is -2.24. The van der Waals surface area contributed by atoms with Crippen molar-refractivity contribution in [2.45, 2.75) is 20.4 Å². The molecule has 4 aromatic rings. The molecular weight excluding hydrogens is 346 g/mol. The predicted molar refractivity (Wildman–Crippen MR) is 102 cm³/mol. The summed E-state index contributed by atoms with van der Waals surface area (Å²) in [5.74, 6) is -0.250. The fraction of sp³-hybridized carbons (Fsp3) is 0.158. The van der Waals surface area contributed by atoms with Gasteiger partial charge in [0.1, 0.15) is 5.01 Å². The van der Waals surface area contributed by atoms with Crippen molar-refractivity contribution in [3.63, 3.8) is 0 Å². The molecule has 0 aliphatic rings. The molecular formula is C19H17N5OS. The third-order valence-corrected chi connectivity index (χ3v) is 5.16. The average molecular weight is 363 g/mol. The van der Waals surface area contributed by atoms with E-state index in [1.54, 1.807) is 16.0 Å². The van der Waals surface area contributed by atoms with Gasteiger partial charge in [0.15, 0.2) is 5.69 Å². The van der Waals surface area contributed by atoms with Crippen molar-refractivity contribution in [2.75, 3.05) is 0 Å². The van der Waals surface area contributed by atoms with Crippen molar-refractivity contribution in [3.8, 4) is 5.69 Å². The number of nitrogens with zero attached hydrogens (tertiary/aromatic N) is 4. The molecule has 4 rings (SSSR count). The molecule has 26 heavy (non-hydrogen) atoms. The summed E-state index contributed by atoms with van der Waals surface area (Å²) in [5.41, 5.74) is 4.02. The summed E-state index contributed by atoms with van der Waals surface area (Å²) < 4.78 is 2.78. The first kappa shape index (κ1) is 16.4. The molecule has 0 saturated heterocycles. The van der Waals surface area contributed by atoms with Crippen LogP contribution >= 0.6 is 11.3 Å². The number of thiazole rings is 1. The molecule has 130 valence electrons. The molecule has 0 aliphatic carbocycles. The molecule has 0 fully saturated rings. The van der Waals surface area contributed by atoms with E-state index >= 15 is 0 Å². The quantitative estimate of drug-likeness (QED) is 0.603. The van der Waals surface area contributed by atoms with Gasteiger partial charge in [-0.25, -0.2) is 9.67 Å². The Morgan fingerprint density at radius 2 is 1.88 bits per heavy atom. The van der Waals surface area contributed by atoms with Crippen LogP contribution in [0.25, 0.3) is 15.9 Å². The number of carbonyl (C=O) groups excluding carboxylic acids is 1. The van der Waals surface area contributed by atoms with Crippen LogP contribution in [-0.4, -0.2) is 25.9 Å². The Bertz CT molecular complexity index is 1050. The fourth-order valence-corrected chi connectivity index (χ4v) is 3.61. The number of fused-ring (bicyclic) bond motifs is 1. The molecule has 2 heterocycles. The molecule has 0 unspecified atom stereocenters. The monoisotopic (exact) mass is 363 g/mol. The lowest BCUT2D eigenvalue weighted by molar-refractivity contribution is 0.0945. The highest BCUT2D eigenvalue weighted by Crippen LogP contribution is 2.21. The topological polar surface area (TPSA) is 72.7 Å². The van der Waals surface area contributed by atoms with Crippen molar-refractivity contribution in [2.24, 2.45) is 0 Å². The Morgan fingerprint density at radius 1 is 1.12 bits per heavy atom. The van der Waals surface area contributed by atoms with Crippen LogP contribution in [0.2, 0.25) is 0 Å². The summed E-state index contributed by atoms with van der Waals surface area (Å²) in [6, 6.07) is 15.9. The summed E-state index contributed by atoms with van der Waals surface area (Å²) in [6.45, 7) is 4.24. The Labute approximate surface area is 154 Å². The van der Waals surface area contributed by atoms with E-state index in [-0.39, 0.29) is 5.91 Å². The van der Waals surface area contributed by atoms with Crippen LogP contribution in [0.5, 0.6) is 0 Å². The molecule has 7 heteroatoms. The van der Waals surface area contributed by atoms with E-state index in [1.165, 1.54) is 5.56 Å². The maximum absolute atomic E-state index is 12.5. The average Bonchev–Trinajstić information content (AvgIpc) is 3.23. The van der Waals surface area contributed by atoms with Gasteiger partial charge in [-0.1, -0.05) is 35.0 Å². The number of hydrogen-bond acceptors (Lipinski definition) is 5. The fourth-order valence-electron chi connectivity index (χ4n) is 2.71. The molecule has 2 aromatic carbocycles. The minimum Gasteiger partial charge on any atom is -0.344 e. The van der Waals surface area contributed by atoms with Gasteiger partial charge in [-0.05, 0) is 38.1 Å². The minimum atomic E-state index is -0.250. The van der Waals surface area contributed by atoms with E-state index < -0.39 is 0 Å². The molecule has 6 nitrogen and oxygen atoms in total.